The number of nitrogens with two attached hydrogens (primary N) is 1. The van der Waals surface area contributed by atoms with Crippen LogP contribution in [0.25, 0.3) is 11.3 Å². The molecule has 0 aliphatic heterocycles. The molecule has 2 nitrogen and oxygen atoms in total. The van der Waals surface area contributed by atoms with Gasteiger partial charge in [0.2, 0.25) is 0 Å². The number of aromatic nitrogens is 1. The Bertz CT molecular complexity index is 667. The van der Waals surface area contributed by atoms with E-state index in [4.69, 9.17) is 10.7 Å². The van der Waals surface area contributed by atoms with Gasteiger partial charge >= 0.3 is 0 Å². The second-order valence-corrected chi connectivity index (χ2v) is 7.91. The Kier molecular flexibility index (Phi) is 2.60. The normalized spacial score (nSPS) is 21.1. The summed E-state index contributed by atoms with van der Waals surface area (Å²) in [6.45, 7) is 4.66. The highest BCUT2D eigenvalue weighted by molar-refractivity contribution is 7.12. The van der Waals surface area contributed by atoms with E-state index in [2.05, 4.69) is 38.1 Å². The van der Waals surface area contributed by atoms with Gasteiger partial charge in [0, 0.05) is 10.4 Å². The summed E-state index contributed by atoms with van der Waals surface area (Å²) in [4.78, 5) is 6.33. The van der Waals surface area contributed by atoms with Gasteiger partial charge in [-0.05, 0) is 36.2 Å². The second-order valence-electron chi connectivity index (χ2n) is 6.79. The van der Waals surface area contributed by atoms with E-state index >= 15 is 0 Å². The average molecular weight is 284 g/mol. The Hall–Kier alpha value is -1.19. The molecule has 0 saturated heterocycles. The van der Waals surface area contributed by atoms with E-state index in [1.165, 1.54) is 34.5 Å². The number of hydrogen-bond acceptors (Lipinski definition) is 3. The molecule has 2 aromatic rings. The van der Waals surface area contributed by atoms with E-state index in [1.807, 2.05) is 11.3 Å². The molecule has 0 radical (unpaired) electrons. The molecule has 4 rings (SSSR count). The summed E-state index contributed by atoms with van der Waals surface area (Å²) in [5.74, 6) is 0.672. The molecule has 1 atom stereocenters. The van der Waals surface area contributed by atoms with Crippen LogP contribution in [0.4, 0.5) is 0 Å². The molecular formula is C17H20N2S. The molecule has 1 aromatic heterocycles. The molecule has 1 saturated carbocycles. The minimum atomic E-state index is 0.154. The molecule has 1 fully saturated rings. The van der Waals surface area contributed by atoms with Gasteiger partial charge in [-0.15, -0.1) is 11.3 Å². The van der Waals surface area contributed by atoms with Gasteiger partial charge in [-0.3, -0.25) is 0 Å². The fourth-order valence-corrected chi connectivity index (χ4v) is 4.68. The largest absolute Gasteiger partial charge is 0.322 e. The summed E-state index contributed by atoms with van der Waals surface area (Å²) < 4.78 is 0. The highest BCUT2D eigenvalue weighted by Gasteiger charge is 2.36. The molecule has 2 aliphatic carbocycles. The number of nitrogens with zero attached hydrogens (tertiary/aromatic N) is 1. The molecule has 0 spiro atoms. The van der Waals surface area contributed by atoms with Crippen LogP contribution in [0, 0.1) is 5.92 Å². The Balaban J connectivity index is 1.84. The van der Waals surface area contributed by atoms with Crippen molar-refractivity contribution < 1.29 is 0 Å². The van der Waals surface area contributed by atoms with Crippen molar-refractivity contribution in [2.24, 2.45) is 11.7 Å². The van der Waals surface area contributed by atoms with Crippen LogP contribution in [-0.4, -0.2) is 4.98 Å². The van der Waals surface area contributed by atoms with Crippen molar-refractivity contribution in [3.8, 4) is 11.3 Å². The zero-order chi connectivity index (χ0) is 13.9. The van der Waals surface area contributed by atoms with E-state index in [0.29, 0.717) is 5.92 Å². The van der Waals surface area contributed by atoms with Crippen LogP contribution in [0.5, 0.6) is 0 Å². The van der Waals surface area contributed by atoms with Gasteiger partial charge in [0.1, 0.15) is 5.01 Å². The van der Waals surface area contributed by atoms with Crippen molar-refractivity contribution in [1.82, 2.24) is 4.98 Å². The maximum Gasteiger partial charge on any atom is 0.111 e. The smallest absolute Gasteiger partial charge is 0.111 e. The number of rotatable bonds is 2. The summed E-state index contributed by atoms with van der Waals surface area (Å²) in [6.07, 6.45) is 3.62. The molecule has 104 valence electrons. The minimum Gasteiger partial charge on any atom is -0.322 e. The maximum absolute atomic E-state index is 6.35. The Morgan fingerprint density at radius 1 is 1.30 bits per heavy atom. The van der Waals surface area contributed by atoms with E-state index in [0.717, 1.165) is 11.4 Å². The van der Waals surface area contributed by atoms with Gasteiger partial charge in [-0.1, -0.05) is 38.1 Å². The van der Waals surface area contributed by atoms with Crippen molar-refractivity contribution in [1.29, 1.82) is 0 Å². The van der Waals surface area contributed by atoms with Crippen molar-refractivity contribution >= 4 is 11.3 Å². The molecule has 1 aromatic carbocycles. The zero-order valence-corrected chi connectivity index (χ0v) is 12.8. The number of fused-ring (bicyclic) bond motifs is 3. The first kappa shape index (κ1) is 12.5. The van der Waals surface area contributed by atoms with Crippen LogP contribution < -0.4 is 5.73 Å². The standard InChI is InChI=1S/C17H20N2S/c1-17(2)9-13-15(11-5-3-4-6-12(11)17)19-16(20-13)14(18)10-7-8-10/h3-6,10,14H,7-9,18H2,1-2H3. The lowest BCUT2D eigenvalue weighted by Gasteiger charge is -2.31. The van der Waals surface area contributed by atoms with E-state index < -0.39 is 0 Å². The van der Waals surface area contributed by atoms with E-state index in [-0.39, 0.29) is 11.5 Å². The van der Waals surface area contributed by atoms with Gasteiger partial charge in [-0.25, -0.2) is 4.98 Å². The zero-order valence-electron chi connectivity index (χ0n) is 12.0. The molecule has 2 aliphatic rings. The monoisotopic (exact) mass is 284 g/mol. The third-order valence-corrected chi connectivity index (χ3v) is 5.80. The number of benzene rings is 1. The molecule has 3 heteroatoms. The first-order valence-electron chi connectivity index (χ1n) is 7.41. The molecular weight excluding hydrogens is 264 g/mol. The van der Waals surface area contributed by atoms with Gasteiger partial charge in [0.25, 0.3) is 0 Å². The first-order chi connectivity index (χ1) is 9.56. The molecule has 2 N–H and O–H groups in total. The Morgan fingerprint density at radius 2 is 2.05 bits per heavy atom. The van der Waals surface area contributed by atoms with Gasteiger partial charge in [0.15, 0.2) is 0 Å². The summed E-state index contributed by atoms with van der Waals surface area (Å²) in [5, 5.41) is 1.14. The van der Waals surface area contributed by atoms with Crippen LogP contribution in [0.1, 0.15) is 48.2 Å². The Morgan fingerprint density at radius 3 is 2.80 bits per heavy atom. The Labute approximate surface area is 124 Å². The summed E-state index contributed by atoms with van der Waals surface area (Å²) in [7, 11) is 0. The third kappa shape index (κ3) is 1.84. The lowest BCUT2D eigenvalue weighted by Crippen LogP contribution is -2.24. The molecule has 1 heterocycles. The third-order valence-electron chi connectivity index (χ3n) is 4.64. The van der Waals surface area contributed by atoms with Crippen LogP contribution in [-0.2, 0) is 11.8 Å². The molecule has 0 amide bonds. The van der Waals surface area contributed by atoms with Gasteiger partial charge in [-0.2, -0.15) is 0 Å². The molecule has 1 unspecified atom stereocenters. The highest BCUT2D eigenvalue weighted by atomic mass is 32.1. The molecule has 0 bridgehead atoms. The second kappa shape index (κ2) is 4.15. The maximum atomic E-state index is 6.35. The van der Waals surface area contributed by atoms with Crippen LogP contribution in [0.15, 0.2) is 24.3 Å². The quantitative estimate of drug-likeness (QED) is 0.903. The van der Waals surface area contributed by atoms with Crippen molar-refractivity contribution in [2.75, 3.05) is 0 Å². The fraction of sp³-hybridized carbons (Fsp3) is 0.471. The summed E-state index contributed by atoms with van der Waals surface area (Å²) in [6, 6.07) is 8.86. The summed E-state index contributed by atoms with van der Waals surface area (Å²) >= 11 is 1.84. The lowest BCUT2D eigenvalue weighted by atomic mass is 9.74. The minimum absolute atomic E-state index is 0.154. The molecule has 20 heavy (non-hydrogen) atoms. The van der Waals surface area contributed by atoms with Gasteiger partial charge in [0.05, 0.1) is 11.7 Å². The van der Waals surface area contributed by atoms with Gasteiger partial charge < -0.3 is 5.73 Å². The predicted molar refractivity (Wildman–Crippen MR) is 83.9 cm³/mol. The van der Waals surface area contributed by atoms with Crippen molar-refractivity contribution in [2.45, 2.75) is 44.6 Å². The van der Waals surface area contributed by atoms with Crippen molar-refractivity contribution in [3.63, 3.8) is 0 Å². The van der Waals surface area contributed by atoms with E-state index in [1.54, 1.807) is 0 Å². The number of thiazole rings is 1. The predicted octanol–water partition coefficient (Wildman–Crippen LogP) is 4.05. The average Bonchev–Trinajstić information content (AvgIpc) is 3.18. The van der Waals surface area contributed by atoms with E-state index in [9.17, 15) is 0 Å². The SMILES string of the molecule is CC1(C)Cc2sc(C(N)C3CC3)nc2-c2ccccc21. The number of hydrogen-bond donors (Lipinski definition) is 1. The van der Waals surface area contributed by atoms with Crippen LogP contribution >= 0.6 is 11.3 Å². The highest BCUT2D eigenvalue weighted by Crippen LogP contribution is 2.47. The van der Waals surface area contributed by atoms with Crippen molar-refractivity contribution in [3.05, 3.63) is 39.7 Å². The summed E-state index contributed by atoms with van der Waals surface area (Å²) in [5.41, 5.74) is 10.5. The fourth-order valence-electron chi connectivity index (χ4n) is 3.28. The van der Waals surface area contributed by atoms with Crippen LogP contribution in [0.3, 0.4) is 0 Å². The topological polar surface area (TPSA) is 38.9 Å². The first-order valence-corrected chi connectivity index (χ1v) is 8.23. The van der Waals surface area contributed by atoms with Crippen LogP contribution in [0.2, 0.25) is 0 Å². The lowest BCUT2D eigenvalue weighted by molar-refractivity contribution is 0.521.